The summed E-state index contributed by atoms with van der Waals surface area (Å²) in [6, 6.07) is 1.92. The molecule has 0 unspecified atom stereocenters. The molecule has 60 valence electrons. The first kappa shape index (κ1) is 6.70. The second-order valence-electron chi connectivity index (χ2n) is 2.90. The van der Waals surface area contributed by atoms with E-state index in [1.54, 1.807) is 6.20 Å². The predicted octanol–water partition coefficient (Wildman–Crippen LogP) is 1.66. The van der Waals surface area contributed by atoms with Crippen molar-refractivity contribution in [1.82, 2.24) is 5.16 Å². The molecule has 1 aromatic heterocycles. The number of hydrogen-bond donors (Lipinski definition) is 0. The van der Waals surface area contributed by atoms with Crippen molar-refractivity contribution in [2.45, 2.75) is 19.3 Å². The standard InChI is InChI=1S/C8H12N2O/c1-2-6-10(7-3-1)8-4-5-9-11-8/h4-5H,1-3,6-7H2. The van der Waals surface area contributed by atoms with Gasteiger partial charge in [-0.15, -0.1) is 0 Å². The van der Waals surface area contributed by atoms with Crippen molar-refractivity contribution in [3.05, 3.63) is 12.3 Å². The Labute approximate surface area is 66.0 Å². The Morgan fingerprint density at radius 2 is 2.09 bits per heavy atom. The highest BCUT2D eigenvalue weighted by Gasteiger charge is 2.12. The molecule has 0 aromatic carbocycles. The lowest BCUT2D eigenvalue weighted by molar-refractivity contribution is 0.405. The zero-order valence-electron chi connectivity index (χ0n) is 6.49. The number of anilines is 1. The third-order valence-corrected chi connectivity index (χ3v) is 2.09. The van der Waals surface area contributed by atoms with Gasteiger partial charge < -0.3 is 9.42 Å². The van der Waals surface area contributed by atoms with E-state index >= 15 is 0 Å². The van der Waals surface area contributed by atoms with Crippen LogP contribution in [0.1, 0.15) is 19.3 Å². The summed E-state index contributed by atoms with van der Waals surface area (Å²) in [5, 5.41) is 3.68. The van der Waals surface area contributed by atoms with Crippen molar-refractivity contribution in [2.24, 2.45) is 0 Å². The van der Waals surface area contributed by atoms with Crippen molar-refractivity contribution in [3.63, 3.8) is 0 Å². The molecule has 0 aliphatic carbocycles. The van der Waals surface area contributed by atoms with Crippen LogP contribution in [0, 0.1) is 0 Å². The first-order valence-corrected chi connectivity index (χ1v) is 4.12. The molecule has 3 heteroatoms. The monoisotopic (exact) mass is 152 g/mol. The number of hydrogen-bond acceptors (Lipinski definition) is 3. The minimum Gasteiger partial charge on any atom is -0.341 e. The summed E-state index contributed by atoms with van der Waals surface area (Å²) in [6.45, 7) is 2.24. The largest absolute Gasteiger partial charge is 0.341 e. The molecule has 1 saturated heterocycles. The Balaban J connectivity index is 2.04. The van der Waals surface area contributed by atoms with Gasteiger partial charge in [0.25, 0.3) is 0 Å². The van der Waals surface area contributed by atoms with Crippen LogP contribution in [0.4, 0.5) is 5.88 Å². The van der Waals surface area contributed by atoms with Crippen molar-refractivity contribution >= 4 is 5.88 Å². The third kappa shape index (κ3) is 1.37. The van der Waals surface area contributed by atoms with Crippen LogP contribution in [0.5, 0.6) is 0 Å². The minimum absolute atomic E-state index is 0.921. The quantitative estimate of drug-likeness (QED) is 0.613. The van der Waals surface area contributed by atoms with Crippen LogP contribution in [0.15, 0.2) is 16.8 Å². The molecule has 0 amide bonds. The van der Waals surface area contributed by atoms with E-state index in [-0.39, 0.29) is 0 Å². The van der Waals surface area contributed by atoms with Gasteiger partial charge in [-0.3, -0.25) is 0 Å². The van der Waals surface area contributed by atoms with Crippen molar-refractivity contribution in [3.8, 4) is 0 Å². The Morgan fingerprint density at radius 1 is 1.27 bits per heavy atom. The van der Waals surface area contributed by atoms with Crippen LogP contribution in [0.3, 0.4) is 0 Å². The van der Waals surface area contributed by atoms with Gasteiger partial charge in [0.2, 0.25) is 5.88 Å². The third-order valence-electron chi connectivity index (χ3n) is 2.09. The molecule has 0 N–H and O–H groups in total. The summed E-state index contributed by atoms with van der Waals surface area (Å²) in [4.78, 5) is 2.25. The van der Waals surface area contributed by atoms with Gasteiger partial charge in [-0.25, -0.2) is 0 Å². The first-order valence-electron chi connectivity index (χ1n) is 4.12. The number of rotatable bonds is 1. The fourth-order valence-electron chi connectivity index (χ4n) is 1.49. The van der Waals surface area contributed by atoms with E-state index in [0.29, 0.717) is 0 Å². The van der Waals surface area contributed by atoms with E-state index in [0.717, 1.165) is 19.0 Å². The van der Waals surface area contributed by atoms with Gasteiger partial charge in [0.15, 0.2) is 0 Å². The lowest BCUT2D eigenvalue weighted by atomic mass is 10.1. The van der Waals surface area contributed by atoms with E-state index in [1.165, 1.54) is 19.3 Å². The molecule has 11 heavy (non-hydrogen) atoms. The number of aromatic nitrogens is 1. The molecule has 1 aliphatic rings. The van der Waals surface area contributed by atoms with Gasteiger partial charge in [-0.2, -0.15) is 0 Å². The average molecular weight is 152 g/mol. The van der Waals surface area contributed by atoms with Crippen LogP contribution in [-0.2, 0) is 0 Å². The van der Waals surface area contributed by atoms with E-state index in [4.69, 9.17) is 4.52 Å². The smallest absolute Gasteiger partial charge is 0.227 e. The van der Waals surface area contributed by atoms with Crippen molar-refractivity contribution in [2.75, 3.05) is 18.0 Å². The highest BCUT2D eigenvalue weighted by molar-refractivity contribution is 5.32. The van der Waals surface area contributed by atoms with E-state index in [1.807, 2.05) is 6.07 Å². The predicted molar refractivity (Wildman–Crippen MR) is 42.6 cm³/mol. The van der Waals surface area contributed by atoms with E-state index in [2.05, 4.69) is 10.1 Å². The molecule has 0 atom stereocenters. The normalized spacial score (nSPS) is 18.7. The molecule has 0 radical (unpaired) electrons. The van der Waals surface area contributed by atoms with E-state index in [9.17, 15) is 0 Å². The molecule has 0 saturated carbocycles. The van der Waals surface area contributed by atoms with Crippen LogP contribution in [0.25, 0.3) is 0 Å². The highest BCUT2D eigenvalue weighted by Crippen LogP contribution is 2.17. The molecule has 1 fully saturated rings. The van der Waals surface area contributed by atoms with Gasteiger partial charge in [0, 0.05) is 19.2 Å². The van der Waals surface area contributed by atoms with Gasteiger partial charge >= 0.3 is 0 Å². The zero-order valence-corrected chi connectivity index (χ0v) is 6.49. The second kappa shape index (κ2) is 2.95. The average Bonchev–Trinajstić information content (AvgIpc) is 2.58. The van der Waals surface area contributed by atoms with E-state index < -0.39 is 0 Å². The molecular formula is C8H12N2O. The maximum atomic E-state index is 5.05. The summed E-state index contributed by atoms with van der Waals surface area (Å²) in [6.07, 6.45) is 5.61. The molecule has 2 heterocycles. The van der Waals surface area contributed by atoms with Gasteiger partial charge in [-0.1, -0.05) is 5.16 Å². The second-order valence-corrected chi connectivity index (χ2v) is 2.90. The van der Waals surface area contributed by atoms with Crippen LogP contribution >= 0.6 is 0 Å². The summed E-state index contributed by atoms with van der Waals surface area (Å²) >= 11 is 0. The van der Waals surface area contributed by atoms with Gasteiger partial charge in [0.1, 0.15) is 0 Å². The molecular weight excluding hydrogens is 140 g/mol. The van der Waals surface area contributed by atoms with Gasteiger partial charge in [-0.05, 0) is 19.3 Å². The van der Waals surface area contributed by atoms with Crippen molar-refractivity contribution < 1.29 is 4.52 Å². The lowest BCUT2D eigenvalue weighted by Gasteiger charge is -2.25. The summed E-state index contributed by atoms with van der Waals surface area (Å²) in [5.74, 6) is 0.921. The lowest BCUT2D eigenvalue weighted by Crippen LogP contribution is -2.28. The SMILES string of the molecule is c1cc(N2CCCCC2)on1. The topological polar surface area (TPSA) is 29.3 Å². The minimum atomic E-state index is 0.921. The maximum Gasteiger partial charge on any atom is 0.227 e. The van der Waals surface area contributed by atoms with Crippen LogP contribution in [-0.4, -0.2) is 18.2 Å². The zero-order chi connectivity index (χ0) is 7.52. The first-order chi connectivity index (χ1) is 5.47. The summed E-state index contributed by atoms with van der Waals surface area (Å²) < 4.78 is 5.05. The molecule has 0 spiro atoms. The Morgan fingerprint density at radius 3 is 2.73 bits per heavy atom. The molecule has 2 rings (SSSR count). The van der Waals surface area contributed by atoms with Crippen LogP contribution in [0.2, 0.25) is 0 Å². The Hall–Kier alpha value is -0.990. The molecule has 1 aliphatic heterocycles. The number of nitrogens with zero attached hydrogens (tertiary/aromatic N) is 2. The maximum absolute atomic E-state index is 5.05. The number of piperidine rings is 1. The van der Waals surface area contributed by atoms with Crippen molar-refractivity contribution in [1.29, 1.82) is 0 Å². The summed E-state index contributed by atoms with van der Waals surface area (Å²) in [7, 11) is 0. The van der Waals surface area contributed by atoms with Gasteiger partial charge in [0.05, 0.1) is 6.20 Å². The highest BCUT2D eigenvalue weighted by atomic mass is 16.5. The van der Waals surface area contributed by atoms with Crippen LogP contribution < -0.4 is 4.90 Å². The molecule has 1 aromatic rings. The molecule has 0 bridgehead atoms. The Kier molecular flexibility index (Phi) is 1.79. The molecule has 3 nitrogen and oxygen atoms in total. The summed E-state index contributed by atoms with van der Waals surface area (Å²) in [5.41, 5.74) is 0. The fourth-order valence-corrected chi connectivity index (χ4v) is 1.49. The fraction of sp³-hybridized carbons (Fsp3) is 0.625. The Bertz CT molecular complexity index is 202.